The van der Waals surface area contributed by atoms with Crippen LogP contribution in [0.2, 0.25) is 0 Å². The Kier molecular flexibility index (Phi) is 3.91. The third kappa shape index (κ3) is 3.09. The Bertz CT molecular complexity index is 379. The molecule has 3 nitrogen and oxygen atoms in total. The molecule has 0 bridgehead atoms. The Hall–Kier alpha value is -1.29. The summed E-state index contributed by atoms with van der Waals surface area (Å²) in [6.07, 6.45) is 0.839. The number of aromatic carboxylic acids is 1. The number of rotatable bonds is 5. The molecule has 0 aliphatic rings. The summed E-state index contributed by atoms with van der Waals surface area (Å²) in [7, 11) is 0. The minimum Gasteiger partial charge on any atom is -0.487 e. The van der Waals surface area contributed by atoms with Gasteiger partial charge >= 0.3 is 5.97 Å². The largest absolute Gasteiger partial charge is 0.487 e. The van der Waals surface area contributed by atoms with Gasteiger partial charge in [-0.2, -0.15) is 0 Å². The quantitative estimate of drug-likeness (QED) is 0.785. The van der Waals surface area contributed by atoms with E-state index < -0.39 is 5.97 Å². The second-order valence-electron chi connectivity index (χ2n) is 3.25. The maximum atomic E-state index is 10.9. The molecule has 4 heteroatoms. The van der Waals surface area contributed by atoms with Crippen LogP contribution >= 0.6 is 11.3 Å². The molecule has 1 aromatic rings. The highest BCUT2D eigenvalue weighted by molar-refractivity contribution is 7.14. The number of aryl methyl sites for hydroxylation is 1. The third-order valence-corrected chi connectivity index (χ3v) is 2.97. The molecule has 0 atom stereocenters. The predicted octanol–water partition coefficient (Wildman–Crippen LogP) is 3.10. The number of thiophene rings is 1. The van der Waals surface area contributed by atoms with E-state index in [1.165, 1.54) is 11.3 Å². The monoisotopic (exact) mass is 226 g/mol. The molecule has 0 radical (unpaired) electrons. The minimum absolute atomic E-state index is 0.261. The van der Waals surface area contributed by atoms with Crippen molar-refractivity contribution in [1.82, 2.24) is 0 Å². The number of ether oxygens (including phenoxy) is 1. The lowest BCUT2D eigenvalue weighted by Crippen LogP contribution is -2.02. The smallest absolute Gasteiger partial charge is 0.349 e. The fraction of sp³-hybridized carbons (Fsp3) is 0.364. The van der Waals surface area contributed by atoms with E-state index in [1.54, 1.807) is 6.07 Å². The molecule has 0 spiro atoms. The van der Waals surface area contributed by atoms with Gasteiger partial charge in [0.05, 0.1) is 0 Å². The van der Waals surface area contributed by atoms with Gasteiger partial charge in [0.1, 0.15) is 12.4 Å². The Balaban J connectivity index is 2.75. The van der Waals surface area contributed by atoms with Gasteiger partial charge in [-0.3, -0.25) is 0 Å². The van der Waals surface area contributed by atoms with Crippen LogP contribution in [-0.4, -0.2) is 17.7 Å². The molecule has 0 aliphatic carbocycles. The molecule has 1 aromatic heterocycles. The number of carbonyl (C=O) groups is 1. The second kappa shape index (κ2) is 4.98. The van der Waals surface area contributed by atoms with Crippen LogP contribution in [0, 0.1) is 6.92 Å². The first-order valence-corrected chi connectivity index (χ1v) is 5.49. The molecular formula is C11H14O3S. The predicted molar refractivity (Wildman–Crippen MR) is 60.9 cm³/mol. The van der Waals surface area contributed by atoms with Crippen LogP contribution in [-0.2, 0) is 0 Å². The van der Waals surface area contributed by atoms with Gasteiger partial charge in [0, 0.05) is 4.88 Å². The summed E-state index contributed by atoms with van der Waals surface area (Å²) in [6.45, 7) is 8.03. The summed E-state index contributed by atoms with van der Waals surface area (Å²) < 4.78 is 5.40. The van der Waals surface area contributed by atoms with Crippen molar-refractivity contribution in [3.05, 3.63) is 28.0 Å². The number of carboxylic acid groups (broad SMARTS) is 1. The lowest BCUT2D eigenvalue weighted by Gasteiger charge is -2.05. The van der Waals surface area contributed by atoms with Crippen LogP contribution < -0.4 is 4.74 Å². The van der Waals surface area contributed by atoms with Crippen molar-refractivity contribution < 1.29 is 14.6 Å². The second-order valence-corrected chi connectivity index (χ2v) is 4.50. The molecule has 0 saturated heterocycles. The third-order valence-electron chi connectivity index (χ3n) is 1.95. The average Bonchev–Trinajstić information content (AvgIpc) is 2.56. The molecule has 0 unspecified atom stereocenters. The van der Waals surface area contributed by atoms with Crippen molar-refractivity contribution in [2.45, 2.75) is 20.3 Å². The van der Waals surface area contributed by atoms with E-state index in [9.17, 15) is 4.79 Å². The SMILES string of the molecule is C=C(CC)COc1cc(C)sc1C(=O)O. The van der Waals surface area contributed by atoms with E-state index in [0.717, 1.165) is 16.9 Å². The normalized spacial score (nSPS) is 10.0. The summed E-state index contributed by atoms with van der Waals surface area (Å²) >= 11 is 1.23. The Morgan fingerprint density at radius 1 is 1.67 bits per heavy atom. The zero-order valence-electron chi connectivity index (χ0n) is 8.87. The van der Waals surface area contributed by atoms with Gasteiger partial charge in [0.25, 0.3) is 0 Å². The molecule has 1 heterocycles. The molecule has 1 N–H and O–H groups in total. The van der Waals surface area contributed by atoms with Gasteiger partial charge in [-0.25, -0.2) is 4.79 Å². The lowest BCUT2D eigenvalue weighted by molar-refractivity contribution is 0.0698. The van der Waals surface area contributed by atoms with Crippen LogP contribution in [0.5, 0.6) is 5.75 Å². The van der Waals surface area contributed by atoms with Crippen molar-refractivity contribution in [1.29, 1.82) is 0 Å². The molecule has 0 aliphatic heterocycles. The summed E-state index contributed by atoms with van der Waals surface area (Å²) in [5.74, 6) is -0.496. The van der Waals surface area contributed by atoms with Crippen molar-refractivity contribution in [3.8, 4) is 5.75 Å². The molecule has 1 rings (SSSR count). The average molecular weight is 226 g/mol. The first-order valence-electron chi connectivity index (χ1n) is 4.67. The van der Waals surface area contributed by atoms with Crippen molar-refractivity contribution >= 4 is 17.3 Å². The molecule has 82 valence electrons. The zero-order chi connectivity index (χ0) is 11.4. The van der Waals surface area contributed by atoms with Gasteiger partial charge < -0.3 is 9.84 Å². The highest BCUT2D eigenvalue weighted by atomic mass is 32.1. The molecular weight excluding hydrogens is 212 g/mol. The van der Waals surface area contributed by atoms with Gasteiger partial charge in [-0.15, -0.1) is 11.3 Å². The van der Waals surface area contributed by atoms with Gasteiger partial charge in [0.2, 0.25) is 0 Å². The summed E-state index contributed by atoms with van der Waals surface area (Å²) in [5.41, 5.74) is 0.954. The Morgan fingerprint density at radius 3 is 2.87 bits per heavy atom. The van der Waals surface area contributed by atoms with E-state index in [0.29, 0.717) is 12.4 Å². The first kappa shape index (κ1) is 11.8. The molecule has 0 amide bonds. The van der Waals surface area contributed by atoms with E-state index in [2.05, 4.69) is 6.58 Å². The maximum Gasteiger partial charge on any atom is 0.349 e. The maximum absolute atomic E-state index is 10.9. The minimum atomic E-state index is -0.940. The fourth-order valence-electron chi connectivity index (χ4n) is 1.03. The summed E-state index contributed by atoms with van der Waals surface area (Å²) in [5, 5.41) is 8.91. The highest BCUT2D eigenvalue weighted by Gasteiger charge is 2.15. The van der Waals surface area contributed by atoms with E-state index in [1.807, 2.05) is 13.8 Å². The summed E-state index contributed by atoms with van der Waals surface area (Å²) in [6, 6.07) is 1.75. The number of carboxylic acids is 1. The molecule has 0 aromatic carbocycles. The Labute approximate surface area is 93.0 Å². The van der Waals surface area contributed by atoms with E-state index >= 15 is 0 Å². The number of hydrogen-bond donors (Lipinski definition) is 1. The summed E-state index contributed by atoms with van der Waals surface area (Å²) in [4.78, 5) is 12.1. The van der Waals surface area contributed by atoms with Crippen molar-refractivity contribution in [3.63, 3.8) is 0 Å². The van der Waals surface area contributed by atoms with E-state index in [-0.39, 0.29) is 4.88 Å². The fourth-order valence-corrected chi connectivity index (χ4v) is 1.82. The van der Waals surface area contributed by atoms with Crippen LogP contribution in [0.25, 0.3) is 0 Å². The highest BCUT2D eigenvalue weighted by Crippen LogP contribution is 2.29. The van der Waals surface area contributed by atoms with Crippen LogP contribution in [0.15, 0.2) is 18.2 Å². The van der Waals surface area contributed by atoms with Crippen molar-refractivity contribution in [2.75, 3.05) is 6.61 Å². The number of hydrogen-bond acceptors (Lipinski definition) is 3. The van der Waals surface area contributed by atoms with Crippen molar-refractivity contribution in [2.24, 2.45) is 0 Å². The van der Waals surface area contributed by atoms with Crippen LogP contribution in [0.3, 0.4) is 0 Å². The van der Waals surface area contributed by atoms with Gasteiger partial charge in [-0.1, -0.05) is 13.5 Å². The molecule has 0 saturated carbocycles. The first-order chi connectivity index (χ1) is 7.04. The van der Waals surface area contributed by atoms with Crippen LogP contribution in [0.4, 0.5) is 0 Å². The zero-order valence-corrected chi connectivity index (χ0v) is 9.69. The van der Waals surface area contributed by atoms with Crippen LogP contribution in [0.1, 0.15) is 27.9 Å². The van der Waals surface area contributed by atoms with E-state index in [4.69, 9.17) is 9.84 Å². The topological polar surface area (TPSA) is 46.5 Å². The Morgan fingerprint density at radius 2 is 2.33 bits per heavy atom. The molecule has 0 fully saturated rings. The standard InChI is InChI=1S/C11H14O3S/c1-4-7(2)6-14-9-5-8(3)15-10(9)11(12)13/h5H,2,4,6H2,1,3H3,(H,12,13). The van der Waals surface area contributed by atoms with Gasteiger partial charge in [0.15, 0.2) is 4.88 Å². The van der Waals surface area contributed by atoms with Gasteiger partial charge in [-0.05, 0) is 25.0 Å². The lowest BCUT2D eigenvalue weighted by atomic mass is 10.2. The molecule has 15 heavy (non-hydrogen) atoms.